The van der Waals surface area contributed by atoms with Gasteiger partial charge in [0.05, 0.1) is 0 Å². The lowest BCUT2D eigenvalue weighted by Crippen LogP contribution is -2.34. The number of carbonyl (C=O) groups excluding carboxylic acids is 1. The molecule has 0 fully saturated rings. The van der Waals surface area contributed by atoms with Crippen molar-refractivity contribution in [2.75, 3.05) is 18.9 Å². The summed E-state index contributed by atoms with van der Waals surface area (Å²) < 4.78 is 0.963. The van der Waals surface area contributed by atoms with Gasteiger partial charge in [-0.3, -0.25) is 4.79 Å². The first-order valence-corrected chi connectivity index (χ1v) is 5.88. The fourth-order valence-corrected chi connectivity index (χ4v) is 1.72. The normalized spacial score (nSPS) is 11.9. The van der Waals surface area contributed by atoms with Crippen molar-refractivity contribution in [2.45, 2.75) is 12.5 Å². The van der Waals surface area contributed by atoms with E-state index in [-0.39, 0.29) is 11.9 Å². The Labute approximate surface area is 104 Å². The van der Waals surface area contributed by atoms with Crippen LogP contribution in [-0.4, -0.2) is 25.5 Å². The van der Waals surface area contributed by atoms with Gasteiger partial charge in [-0.15, -0.1) is 0 Å². The molecular formula is C11H16BrN3O. The van der Waals surface area contributed by atoms with Gasteiger partial charge >= 0.3 is 0 Å². The Bertz CT molecular complexity index is 357. The minimum Gasteiger partial charge on any atom is -0.380 e. The highest BCUT2D eigenvalue weighted by Crippen LogP contribution is 2.22. The van der Waals surface area contributed by atoms with E-state index in [4.69, 9.17) is 5.73 Å². The van der Waals surface area contributed by atoms with Crippen LogP contribution in [0.3, 0.4) is 0 Å². The van der Waals surface area contributed by atoms with E-state index in [9.17, 15) is 4.79 Å². The summed E-state index contributed by atoms with van der Waals surface area (Å²) in [6.07, 6.45) is 0.369. The first-order chi connectivity index (χ1) is 7.67. The van der Waals surface area contributed by atoms with Gasteiger partial charge in [0.25, 0.3) is 0 Å². The van der Waals surface area contributed by atoms with Crippen LogP contribution >= 0.6 is 15.9 Å². The summed E-state index contributed by atoms with van der Waals surface area (Å²) in [5.74, 6) is -0.0185. The van der Waals surface area contributed by atoms with Crippen LogP contribution in [0.1, 0.15) is 6.42 Å². The predicted octanol–water partition coefficient (Wildman–Crippen LogP) is 1.32. The summed E-state index contributed by atoms with van der Waals surface area (Å²) in [6.45, 7) is 0.411. The first-order valence-electron chi connectivity index (χ1n) is 5.09. The van der Waals surface area contributed by atoms with Crippen molar-refractivity contribution < 1.29 is 4.79 Å². The summed E-state index contributed by atoms with van der Waals surface area (Å²) in [4.78, 5) is 11.2. The Morgan fingerprint density at radius 1 is 1.50 bits per heavy atom. The molecule has 0 spiro atoms. The number of rotatable bonds is 5. The first kappa shape index (κ1) is 13.0. The molecule has 1 unspecified atom stereocenters. The van der Waals surface area contributed by atoms with Crippen molar-refractivity contribution in [2.24, 2.45) is 5.73 Å². The van der Waals surface area contributed by atoms with E-state index in [1.54, 1.807) is 7.05 Å². The maximum atomic E-state index is 11.2. The van der Waals surface area contributed by atoms with Crippen molar-refractivity contribution in [3.8, 4) is 0 Å². The van der Waals surface area contributed by atoms with Gasteiger partial charge in [0.1, 0.15) is 0 Å². The van der Waals surface area contributed by atoms with Crippen LogP contribution in [0.15, 0.2) is 28.7 Å². The number of para-hydroxylation sites is 1. The van der Waals surface area contributed by atoms with E-state index < -0.39 is 0 Å². The highest BCUT2D eigenvalue weighted by Gasteiger charge is 2.11. The average Bonchev–Trinajstić information content (AvgIpc) is 2.30. The number of nitrogens with one attached hydrogen (secondary N) is 2. The summed E-state index contributed by atoms with van der Waals surface area (Å²) in [5.41, 5.74) is 6.56. The number of nitrogens with two attached hydrogens (primary N) is 1. The van der Waals surface area contributed by atoms with E-state index in [2.05, 4.69) is 26.6 Å². The molecule has 0 aliphatic carbocycles. The molecule has 16 heavy (non-hydrogen) atoms. The maximum absolute atomic E-state index is 11.2. The van der Waals surface area contributed by atoms with Gasteiger partial charge in [0.2, 0.25) is 5.91 Å². The lowest BCUT2D eigenvalue weighted by atomic mass is 10.2. The van der Waals surface area contributed by atoms with E-state index in [0.29, 0.717) is 13.0 Å². The summed E-state index contributed by atoms with van der Waals surface area (Å²) >= 11 is 3.43. The number of hydrogen-bond donors (Lipinski definition) is 3. The van der Waals surface area contributed by atoms with Gasteiger partial charge in [-0.05, 0) is 28.1 Å². The van der Waals surface area contributed by atoms with Crippen LogP contribution in [-0.2, 0) is 4.79 Å². The zero-order valence-corrected chi connectivity index (χ0v) is 10.8. The number of amides is 1. The van der Waals surface area contributed by atoms with E-state index in [1.165, 1.54) is 0 Å². The third-order valence-electron chi connectivity index (χ3n) is 2.23. The van der Waals surface area contributed by atoms with Crippen LogP contribution in [0.5, 0.6) is 0 Å². The summed E-state index contributed by atoms with van der Waals surface area (Å²) in [6, 6.07) is 7.69. The van der Waals surface area contributed by atoms with Crippen molar-refractivity contribution >= 4 is 27.5 Å². The molecule has 0 aromatic heterocycles. The lowest BCUT2D eigenvalue weighted by Gasteiger charge is -2.18. The average molecular weight is 286 g/mol. The Balaban J connectivity index is 2.63. The minimum atomic E-state index is -0.0568. The van der Waals surface area contributed by atoms with Gasteiger partial charge in [-0.2, -0.15) is 0 Å². The molecule has 0 aliphatic rings. The Kier molecular flexibility index (Phi) is 5.28. The second-order valence-corrected chi connectivity index (χ2v) is 4.29. The van der Waals surface area contributed by atoms with Gasteiger partial charge in [0, 0.05) is 36.2 Å². The lowest BCUT2D eigenvalue weighted by molar-refractivity contribution is -0.120. The van der Waals surface area contributed by atoms with Crippen molar-refractivity contribution in [1.29, 1.82) is 0 Å². The second kappa shape index (κ2) is 6.50. The van der Waals surface area contributed by atoms with E-state index in [0.717, 1.165) is 10.2 Å². The Hall–Kier alpha value is -1.07. The molecule has 1 aromatic carbocycles. The minimum absolute atomic E-state index is 0.0185. The molecule has 1 atom stereocenters. The number of halogens is 1. The van der Waals surface area contributed by atoms with Crippen molar-refractivity contribution in [1.82, 2.24) is 5.32 Å². The molecule has 0 aliphatic heterocycles. The summed E-state index contributed by atoms with van der Waals surface area (Å²) in [5, 5.41) is 5.81. The molecule has 1 amide bonds. The smallest absolute Gasteiger partial charge is 0.221 e. The zero-order chi connectivity index (χ0) is 12.0. The van der Waals surface area contributed by atoms with Crippen molar-refractivity contribution in [3.05, 3.63) is 28.7 Å². The maximum Gasteiger partial charge on any atom is 0.221 e. The van der Waals surface area contributed by atoms with Gasteiger partial charge < -0.3 is 16.4 Å². The molecule has 4 nitrogen and oxygen atoms in total. The van der Waals surface area contributed by atoms with Gasteiger partial charge in [0.15, 0.2) is 0 Å². The molecule has 4 N–H and O–H groups in total. The number of benzene rings is 1. The monoisotopic (exact) mass is 285 g/mol. The molecule has 0 heterocycles. The summed E-state index contributed by atoms with van der Waals surface area (Å²) in [7, 11) is 1.62. The van der Waals surface area contributed by atoms with Crippen LogP contribution < -0.4 is 16.4 Å². The topological polar surface area (TPSA) is 67.2 Å². The molecule has 0 bridgehead atoms. The molecule has 1 aromatic rings. The van der Waals surface area contributed by atoms with Crippen LogP contribution in [0.25, 0.3) is 0 Å². The van der Waals surface area contributed by atoms with Gasteiger partial charge in [-0.25, -0.2) is 0 Å². The van der Waals surface area contributed by atoms with Gasteiger partial charge in [-0.1, -0.05) is 12.1 Å². The largest absolute Gasteiger partial charge is 0.380 e. The van der Waals surface area contributed by atoms with Crippen molar-refractivity contribution in [3.63, 3.8) is 0 Å². The third kappa shape index (κ3) is 3.83. The highest BCUT2D eigenvalue weighted by molar-refractivity contribution is 9.10. The Morgan fingerprint density at radius 2 is 2.19 bits per heavy atom. The third-order valence-corrected chi connectivity index (χ3v) is 2.92. The fraction of sp³-hybridized carbons (Fsp3) is 0.364. The number of carbonyl (C=O) groups is 1. The highest BCUT2D eigenvalue weighted by atomic mass is 79.9. The standard InChI is InChI=1S/C11H16BrN3O/c1-14-11(16)6-8(7-13)15-10-5-3-2-4-9(10)12/h2-5,8,15H,6-7,13H2,1H3,(H,14,16). The second-order valence-electron chi connectivity index (χ2n) is 3.43. The van der Waals surface area contributed by atoms with Crippen LogP contribution in [0.2, 0.25) is 0 Å². The molecule has 0 saturated heterocycles. The quantitative estimate of drug-likeness (QED) is 0.765. The van der Waals surface area contributed by atoms with Crippen LogP contribution in [0, 0.1) is 0 Å². The molecule has 88 valence electrons. The number of anilines is 1. The predicted molar refractivity (Wildman–Crippen MR) is 69.3 cm³/mol. The molecule has 0 saturated carbocycles. The Morgan fingerprint density at radius 3 is 2.75 bits per heavy atom. The molecule has 1 rings (SSSR count). The molecule has 5 heteroatoms. The molecular weight excluding hydrogens is 270 g/mol. The fourth-order valence-electron chi connectivity index (χ4n) is 1.32. The SMILES string of the molecule is CNC(=O)CC(CN)Nc1ccccc1Br. The zero-order valence-electron chi connectivity index (χ0n) is 9.16. The number of hydrogen-bond acceptors (Lipinski definition) is 3. The van der Waals surface area contributed by atoms with Crippen LogP contribution in [0.4, 0.5) is 5.69 Å². The van der Waals surface area contributed by atoms with E-state index in [1.807, 2.05) is 24.3 Å². The van der Waals surface area contributed by atoms with E-state index >= 15 is 0 Å². The molecule has 0 radical (unpaired) electrons.